The Morgan fingerprint density at radius 2 is 1.23 bits per heavy atom. The number of hydrogen-bond donors (Lipinski definition) is 0. The summed E-state index contributed by atoms with van der Waals surface area (Å²) in [6.07, 6.45) is 9.95. The fraction of sp³-hybridized carbons (Fsp3) is 0.400. The lowest BCUT2D eigenvalue weighted by Crippen LogP contribution is -2.26. The first-order valence-corrected chi connectivity index (χ1v) is 18.1. The number of hydrazone groups is 1. The Balaban J connectivity index is 1.77. The standard InChI is InChI=1S/C45H53N7/c1-30-17-13-14-18-37(30)48-51(12)40-24-33(44(8,9)28-42(2,3)4)22-31(35(40)26-46)21-32-23-34(45(10,11)29-43(5,6)7)25-41(36(32)27-47)52-49-38-19-15-16-20-39(38)50-52/h13-20,22-25H,1,21,28-29H2,2-12H3/b48-37-. The zero-order valence-corrected chi connectivity index (χ0v) is 32.9. The van der Waals surface area contributed by atoms with Crippen LogP contribution in [0.25, 0.3) is 16.7 Å². The minimum absolute atomic E-state index is 0.0624. The van der Waals surface area contributed by atoms with E-state index in [4.69, 9.17) is 15.3 Å². The SMILES string of the molecule is C=C1C=CC=C/C1=N/N(C)c1cc(C(C)(C)CC(C)(C)C)cc(Cc2cc(C(C)(C)CC(C)(C)C)cc(-n3nc4ccccc4n3)c2C#N)c1C#N. The first-order valence-electron chi connectivity index (χ1n) is 18.1. The van der Waals surface area contributed by atoms with Gasteiger partial charge in [0, 0.05) is 13.5 Å². The first kappa shape index (κ1) is 38.0. The fourth-order valence-electron chi connectivity index (χ4n) is 7.95. The highest BCUT2D eigenvalue weighted by Crippen LogP contribution is 2.42. The second-order valence-electron chi connectivity index (χ2n) is 17.9. The van der Waals surface area contributed by atoms with Crippen molar-refractivity contribution in [2.45, 2.75) is 99.3 Å². The van der Waals surface area contributed by atoms with Crippen LogP contribution in [0.4, 0.5) is 5.69 Å². The molecule has 1 aliphatic rings. The van der Waals surface area contributed by atoms with Crippen molar-refractivity contribution in [2.24, 2.45) is 15.9 Å². The molecule has 0 saturated heterocycles. The molecule has 0 amide bonds. The minimum Gasteiger partial charge on any atom is -0.267 e. The van der Waals surface area contributed by atoms with E-state index in [1.165, 1.54) is 0 Å². The number of rotatable bonds is 9. The predicted octanol–water partition coefficient (Wildman–Crippen LogP) is 10.7. The van der Waals surface area contributed by atoms with Gasteiger partial charge in [0.25, 0.3) is 0 Å². The molecule has 0 saturated carbocycles. The van der Waals surface area contributed by atoms with Crippen molar-refractivity contribution >= 4 is 22.4 Å². The van der Waals surface area contributed by atoms with Crippen LogP contribution in [0.2, 0.25) is 0 Å². The zero-order valence-electron chi connectivity index (χ0n) is 32.9. The van der Waals surface area contributed by atoms with Gasteiger partial charge in [-0.3, -0.25) is 5.01 Å². The van der Waals surface area contributed by atoms with Gasteiger partial charge in [-0.05, 0) is 92.7 Å². The molecule has 268 valence electrons. The van der Waals surface area contributed by atoms with Gasteiger partial charge in [-0.1, -0.05) is 118 Å². The average molecular weight is 692 g/mol. The second-order valence-corrected chi connectivity index (χ2v) is 17.9. The van der Waals surface area contributed by atoms with Gasteiger partial charge in [-0.15, -0.1) is 15.0 Å². The summed E-state index contributed by atoms with van der Waals surface area (Å²) in [5, 5.41) is 38.1. The summed E-state index contributed by atoms with van der Waals surface area (Å²) in [7, 11) is 1.88. The molecular weight excluding hydrogens is 639 g/mol. The van der Waals surface area contributed by atoms with Crippen molar-refractivity contribution in [2.75, 3.05) is 12.1 Å². The summed E-state index contributed by atoms with van der Waals surface area (Å²) in [5.74, 6) is 0. The maximum Gasteiger partial charge on any atom is 0.113 e. The van der Waals surface area contributed by atoms with E-state index in [1.54, 1.807) is 9.81 Å². The number of nitriles is 2. The lowest BCUT2D eigenvalue weighted by atomic mass is 9.71. The van der Waals surface area contributed by atoms with Gasteiger partial charge in [0.05, 0.1) is 22.5 Å². The molecule has 3 aromatic carbocycles. The molecule has 0 unspecified atom stereocenters. The largest absolute Gasteiger partial charge is 0.267 e. The van der Waals surface area contributed by atoms with Crippen LogP contribution in [0, 0.1) is 33.5 Å². The van der Waals surface area contributed by atoms with Gasteiger partial charge in [-0.2, -0.15) is 15.6 Å². The van der Waals surface area contributed by atoms with Gasteiger partial charge >= 0.3 is 0 Å². The Morgan fingerprint density at radius 1 is 0.731 bits per heavy atom. The highest BCUT2D eigenvalue weighted by Gasteiger charge is 2.32. The molecule has 4 aromatic rings. The van der Waals surface area contributed by atoms with Crippen LogP contribution in [-0.4, -0.2) is 27.8 Å². The summed E-state index contributed by atoms with van der Waals surface area (Å²) in [6.45, 7) is 26.7. The maximum atomic E-state index is 10.9. The summed E-state index contributed by atoms with van der Waals surface area (Å²) in [6, 6.07) is 21.3. The third kappa shape index (κ3) is 8.43. The topological polar surface area (TPSA) is 93.9 Å². The Morgan fingerprint density at radius 3 is 1.73 bits per heavy atom. The van der Waals surface area contributed by atoms with Crippen molar-refractivity contribution in [1.82, 2.24) is 15.0 Å². The smallest absolute Gasteiger partial charge is 0.113 e. The van der Waals surface area contributed by atoms with Gasteiger partial charge in [0.1, 0.15) is 28.9 Å². The zero-order chi connectivity index (χ0) is 38.2. The van der Waals surface area contributed by atoms with Crippen LogP contribution in [0.5, 0.6) is 0 Å². The predicted molar refractivity (Wildman–Crippen MR) is 215 cm³/mol. The quantitative estimate of drug-likeness (QED) is 0.163. The van der Waals surface area contributed by atoms with Crippen LogP contribution < -0.4 is 5.01 Å². The molecule has 7 heteroatoms. The van der Waals surface area contributed by atoms with E-state index in [9.17, 15) is 10.5 Å². The molecule has 0 spiro atoms. The molecule has 5 rings (SSSR count). The summed E-state index contributed by atoms with van der Waals surface area (Å²) < 4.78 is 0. The second kappa shape index (κ2) is 14.0. The number of nitrogens with zero attached hydrogens (tertiary/aromatic N) is 7. The van der Waals surface area contributed by atoms with Crippen LogP contribution in [-0.2, 0) is 17.3 Å². The highest BCUT2D eigenvalue weighted by atomic mass is 15.5. The molecule has 0 radical (unpaired) electrons. The minimum atomic E-state index is -0.233. The molecule has 0 aliphatic heterocycles. The lowest BCUT2D eigenvalue weighted by Gasteiger charge is -2.34. The number of aromatic nitrogens is 3. The molecule has 52 heavy (non-hydrogen) atoms. The first-order chi connectivity index (χ1) is 24.2. The molecule has 0 N–H and O–H groups in total. The number of fused-ring (bicyclic) bond motifs is 1. The lowest BCUT2D eigenvalue weighted by molar-refractivity contribution is 0.283. The molecule has 0 fully saturated rings. The van der Waals surface area contributed by atoms with Crippen molar-refractivity contribution in [3.8, 4) is 17.8 Å². The van der Waals surface area contributed by atoms with E-state index in [2.05, 4.69) is 112 Å². The Labute approximate surface area is 310 Å². The maximum absolute atomic E-state index is 10.9. The Hall–Kier alpha value is -5.27. The third-order valence-electron chi connectivity index (χ3n) is 9.61. The summed E-state index contributed by atoms with van der Waals surface area (Å²) in [5.41, 5.74) is 8.96. The normalized spacial score (nSPS) is 14.6. The van der Waals surface area contributed by atoms with Gasteiger partial charge in [0.2, 0.25) is 0 Å². The Bertz CT molecular complexity index is 2160. The van der Waals surface area contributed by atoms with Crippen LogP contribution >= 0.6 is 0 Å². The number of allylic oxidation sites excluding steroid dienone is 5. The van der Waals surface area contributed by atoms with Crippen LogP contribution in [0.15, 0.2) is 90.1 Å². The van der Waals surface area contributed by atoms with Gasteiger partial charge in [0.15, 0.2) is 0 Å². The average Bonchev–Trinajstić information content (AvgIpc) is 3.47. The highest BCUT2D eigenvalue weighted by molar-refractivity contribution is 6.11. The molecule has 1 aromatic heterocycles. The number of hydrogen-bond acceptors (Lipinski definition) is 6. The summed E-state index contributed by atoms with van der Waals surface area (Å²) in [4.78, 5) is 1.60. The van der Waals surface area contributed by atoms with Gasteiger partial charge < -0.3 is 0 Å². The van der Waals surface area contributed by atoms with Crippen molar-refractivity contribution in [3.05, 3.63) is 118 Å². The molecule has 0 bridgehead atoms. The van der Waals surface area contributed by atoms with Crippen molar-refractivity contribution in [1.29, 1.82) is 10.5 Å². The molecule has 1 aliphatic carbocycles. The van der Waals surface area contributed by atoms with Crippen molar-refractivity contribution < 1.29 is 0 Å². The fourth-order valence-corrected chi connectivity index (χ4v) is 7.95. The van der Waals surface area contributed by atoms with Crippen LogP contribution in [0.3, 0.4) is 0 Å². The van der Waals surface area contributed by atoms with Crippen molar-refractivity contribution in [3.63, 3.8) is 0 Å². The van der Waals surface area contributed by atoms with E-state index in [0.29, 0.717) is 28.9 Å². The number of benzene rings is 3. The summed E-state index contributed by atoms with van der Waals surface area (Å²) >= 11 is 0. The molecule has 7 nitrogen and oxygen atoms in total. The number of anilines is 1. The molecule has 0 atom stereocenters. The van der Waals surface area contributed by atoms with E-state index in [1.807, 2.05) is 55.6 Å². The van der Waals surface area contributed by atoms with E-state index in [0.717, 1.165) is 57.4 Å². The molecular formula is C45H53N7. The van der Waals surface area contributed by atoms with E-state index in [-0.39, 0.29) is 21.7 Å². The van der Waals surface area contributed by atoms with Crippen LogP contribution in [0.1, 0.15) is 115 Å². The van der Waals surface area contributed by atoms with E-state index < -0.39 is 0 Å². The molecule has 1 heterocycles. The Kier molecular flexibility index (Phi) is 10.3. The van der Waals surface area contributed by atoms with E-state index >= 15 is 0 Å². The van der Waals surface area contributed by atoms with Gasteiger partial charge in [-0.25, -0.2) is 0 Å². The monoisotopic (exact) mass is 691 g/mol. The third-order valence-corrected chi connectivity index (χ3v) is 9.61.